The first-order valence-corrected chi connectivity index (χ1v) is 8.86. The zero-order valence-electron chi connectivity index (χ0n) is 13.0. The standard InChI is InChI=1S/C18H23BOS/c1-14-16(12-13-21-14)19(15-8-4-3-5-9-15)17-10-6-7-11-18(17)20-2/h6-7,10-13,15H,3-5,8-9H2,1-2H3. The average molecular weight is 298 g/mol. The van der Waals surface area contributed by atoms with Crippen molar-refractivity contribution >= 4 is 29.0 Å². The Morgan fingerprint density at radius 1 is 1.05 bits per heavy atom. The van der Waals surface area contributed by atoms with Crippen LogP contribution < -0.4 is 15.7 Å². The number of para-hydroxylation sites is 1. The van der Waals surface area contributed by atoms with Crippen molar-refractivity contribution in [3.8, 4) is 5.75 Å². The molecule has 0 bridgehead atoms. The third-order valence-electron chi connectivity index (χ3n) is 4.83. The quantitative estimate of drug-likeness (QED) is 0.775. The van der Waals surface area contributed by atoms with Crippen molar-refractivity contribution in [3.05, 3.63) is 40.6 Å². The molecule has 0 aliphatic heterocycles. The Morgan fingerprint density at radius 2 is 1.81 bits per heavy atom. The van der Waals surface area contributed by atoms with Crippen LogP contribution in [0.1, 0.15) is 37.0 Å². The van der Waals surface area contributed by atoms with E-state index < -0.39 is 0 Å². The molecule has 0 atom stereocenters. The minimum atomic E-state index is 0.493. The first-order valence-electron chi connectivity index (χ1n) is 7.98. The lowest BCUT2D eigenvalue weighted by molar-refractivity contribution is 0.417. The molecule has 1 saturated carbocycles. The normalized spacial score (nSPS) is 15.9. The summed E-state index contributed by atoms with van der Waals surface area (Å²) in [4.78, 5) is 1.46. The second kappa shape index (κ2) is 6.70. The van der Waals surface area contributed by atoms with Crippen LogP contribution in [0.15, 0.2) is 35.7 Å². The monoisotopic (exact) mass is 298 g/mol. The van der Waals surface area contributed by atoms with E-state index in [0.717, 1.165) is 11.6 Å². The molecular weight excluding hydrogens is 275 g/mol. The first-order chi connectivity index (χ1) is 10.3. The molecule has 1 heterocycles. The Morgan fingerprint density at radius 3 is 2.48 bits per heavy atom. The van der Waals surface area contributed by atoms with E-state index in [2.05, 4.69) is 42.6 Å². The molecule has 1 aliphatic carbocycles. The molecule has 3 rings (SSSR count). The molecule has 110 valence electrons. The van der Waals surface area contributed by atoms with Gasteiger partial charge in [-0.05, 0) is 28.7 Å². The zero-order chi connectivity index (χ0) is 14.7. The van der Waals surface area contributed by atoms with Crippen molar-refractivity contribution in [1.29, 1.82) is 0 Å². The van der Waals surface area contributed by atoms with Gasteiger partial charge in [0.2, 0.25) is 6.71 Å². The molecule has 1 aliphatic rings. The molecule has 1 nitrogen and oxygen atoms in total. The van der Waals surface area contributed by atoms with Gasteiger partial charge in [0.15, 0.2) is 0 Å². The van der Waals surface area contributed by atoms with Crippen molar-refractivity contribution in [2.75, 3.05) is 7.11 Å². The second-order valence-corrected chi connectivity index (χ2v) is 7.17. The SMILES string of the molecule is COc1ccccc1B(c1ccsc1C)C1CCCCC1. The molecule has 0 radical (unpaired) electrons. The molecule has 21 heavy (non-hydrogen) atoms. The molecule has 0 amide bonds. The highest BCUT2D eigenvalue weighted by Gasteiger charge is 2.33. The highest BCUT2D eigenvalue weighted by atomic mass is 32.1. The fourth-order valence-corrected chi connectivity index (χ4v) is 4.53. The molecule has 0 unspecified atom stereocenters. The van der Waals surface area contributed by atoms with Gasteiger partial charge < -0.3 is 4.74 Å². The molecule has 0 saturated heterocycles. The summed E-state index contributed by atoms with van der Waals surface area (Å²) in [6.45, 7) is 2.75. The first kappa shape index (κ1) is 14.7. The lowest BCUT2D eigenvalue weighted by Gasteiger charge is -2.29. The molecule has 1 fully saturated rings. The summed E-state index contributed by atoms with van der Waals surface area (Å²) in [6.07, 6.45) is 6.84. The summed E-state index contributed by atoms with van der Waals surface area (Å²) >= 11 is 1.86. The Balaban J connectivity index is 2.05. The maximum atomic E-state index is 5.66. The lowest BCUT2D eigenvalue weighted by Crippen LogP contribution is -2.47. The van der Waals surface area contributed by atoms with E-state index in [0.29, 0.717) is 6.71 Å². The van der Waals surface area contributed by atoms with Gasteiger partial charge in [-0.3, -0.25) is 0 Å². The minimum Gasteiger partial charge on any atom is -0.497 e. The van der Waals surface area contributed by atoms with Gasteiger partial charge in [-0.15, -0.1) is 11.3 Å². The van der Waals surface area contributed by atoms with Crippen molar-refractivity contribution in [2.45, 2.75) is 44.8 Å². The van der Waals surface area contributed by atoms with Gasteiger partial charge in [-0.2, -0.15) is 0 Å². The van der Waals surface area contributed by atoms with Crippen molar-refractivity contribution in [3.63, 3.8) is 0 Å². The van der Waals surface area contributed by atoms with Crippen LogP contribution in [0.4, 0.5) is 0 Å². The van der Waals surface area contributed by atoms with Crippen molar-refractivity contribution in [2.24, 2.45) is 0 Å². The predicted octanol–water partition coefficient (Wildman–Crippen LogP) is 4.01. The van der Waals surface area contributed by atoms with Crippen molar-refractivity contribution in [1.82, 2.24) is 0 Å². The zero-order valence-corrected chi connectivity index (χ0v) is 13.8. The molecule has 0 spiro atoms. The topological polar surface area (TPSA) is 9.23 Å². The number of thiophene rings is 1. The Hall–Kier alpha value is -1.22. The number of hydrogen-bond donors (Lipinski definition) is 0. The third-order valence-corrected chi connectivity index (χ3v) is 5.69. The minimum absolute atomic E-state index is 0.493. The largest absolute Gasteiger partial charge is 0.497 e. The van der Waals surface area contributed by atoms with Gasteiger partial charge in [-0.25, -0.2) is 0 Å². The van der Waals surface area contributed by atoms with E-state index in [9.17, 15) is 0 Å². The van der Waals surface area contributed by atoms with Gasteiger partial charge in [0.1, 0.15) is 5.75 Å². The van der Waals surface area contributed by atoms with Crippen LogP contribution in [0, 0.1) is 6.92 Å². The van der Waals surface area contributed by atoms with Gasteiger partial charge in [0.05, 0.1) is 7.11 Å². The fraction of sp³-hybridized carbons (Fsp3) is 0.444. The third kappa shape index (κ3) is 3.03. The van der Waals surface area contributed by atoms with E-state index in [1.807, 2.05) is 11.3 Å². The highest BCUT2D eigenvalue weighted by Crippen LogP contribution is 2.32. The predicted molar refractivity (Wildman–Crippen MR) is 93.9 cm³/mol. The number of rotatable bonds is 4. The molecular formula is C18H23BOS. The van der Waals surface area contributed by atoms with E-state index >= 15 is 0 Å². The summed E-state index contributed by atoms with van der Waals surface area (Å²) in [7, 11) is 1.79. The molecule has 1 aromatic carbocycles. The molecule has 0 N–H and O–H groups in total. The molecule has 1 aromatic heterocycles. The van der Waals surface area contributed by atoms with E-state index in [4.69, 9.17) is 4.74 Å². The van der Waals surface area contributed by atoms with Gasteiger partial charge >= 0.3 is 0 Å². The highest BCUT2D eigenvalue weighted by molar-refractivity contribution is 7.12. The van der Waals surface area contributed by atoms with Crippen LogP contribution in [0.2, 0.25) is 5.82 Å². The van der Waals surface area contributed by atoms with Crippen LogP contribution in [-0.4, -0.2) is 13.8 Å². The number of benzene rings is 1. The summed E-state index contributed by atoms with van der Waals surface area (Å²) in [5.41, 5.74) is 2.88. The fourth-order valence-electron chi connectivity index (χ4n) is 3.78. The number of methoxy groups -OCH3 is 1. The maximum absolute atomic E-state index is 5.66. The molecule has 2 aromatic rings. The van der Waals surface area contributed by atoms with E-state index in [1.54, 1.807) is 7.11 Å². The van der Waals surface area contributed by atoms with Gasteiger partial charge in [0.25, 0.3) is 0 Å². The van der Waals surface area contributed by atoms with Crippen LogP contribution in [0.25, 0.3) is 0 Å². The summed E-state index contributed by atoms with van der Waals surface area (Å²) in [5, 5.41) is 2.23. The van der Waals surface area contributed by atoms with Gasteiger partial charge in [-0.1, -0.05) is 67.6 Å². The smallest absolute Gasteiger partial charge is 0.218 e. The summed E-state index contributed by atoms with van der Waals surface area (Å²) in [6, 6.07) is 10.9. The maximum Gasteiger partial charge on any atom is 0.218 e. The Labute approximate surface area is 132 Å². The van der Waals surface area contributed by atoms with E-state index in [-0.39, 0.29) is 0 Å². The van der Waals surface area contributed by atoms with Crippen LogP contribution in [0.5, 0.6) is 5.75 Å². The van der Waals surface area contributed by atoms with Gasteiger partial charge in [0, 0.05) is 0 Å². The Kier molecular flexibility index (Phi) is 4.69. The number of aryl methyl sites for hydroxylation is 1. The van der Waals surface area contributed by atoms with Crippen LogP contribution >= 0.6 is 11.3 Å². The Bertz CT molecular complexity index is 586. The summed E-state index contributed by atoms with van der Waals surface area (Å²) < 4.78 is 5.66. The number of ether oxygens (including phenoxy) is 1. The molecule has 3 heteroatoms. The lowest BCUT2D eigenvalue weighted by atomic mass is 9.31. The van der Waals surface area contributed by atoms with Crippen molar-refractivity contribution < 1.29 is 4.74 Å². The summed E-state index contributed by atoms with van der Waals surface area (Å²) in [5.74, 6) is 1.79. The second-order valence-electron chi connectivity index (χ2n) is 6.05. The van der Waals surface area contributed by atoms with Crippen LogP contribution in [0.3, 0.4) is 0 Å². The van der Waals surface area contributed by atoms with E-state index in [1.165, 1.54) is 47.9 Å². The average Bonchev–Trinajstić information content (AvgIpc) is 2.95. The number of hydrogen-bond acceptors (Lipinski definition) is 2. The van der Waals surface area contributed by atoms with Crippen LogP contribution in [-0.2, 0) is 0 Å².